The van der Waals surface area contributed by atoms with Gasteiger partial charge in [-0.2, -0.15) is 0 Å². The first-order valence-electron chi connectivity index (χ1n) is 19.9. The summed E-state index contributed by atoms with van der Waals surface area (Å²) in [7, 11) is 5.34. The lowest BCUT2D eigenvalue weighted by Gasteiger charge is -2.34. The second-order valence-corrected chi connectivity index (χ2v) is 13.7. The number of likely N-dealkylation sites (N-methyl/N-ethyl adjacent to an activating group) is 1. The molecule has 302 valence electrons. The number of hydrogen-bond donors (Lipinski definition) is 0. The Morgan fingerprint density at radius 1 is 0.556 bits per heavy atom. The molecule has 0 aromatic heterocycles. The average molecular weight is 750 g/mol. The van der Waals surface area contributed by atoms with Gasteiger partial charge in [0.25, 0.3) is 0 Å². The Kier molecular flexibility index (Phi) is 33.3. The molecular formula is C46H71NO7. The van der Waals surface area contributed by atoms with Crippen molar-refractivity contribution < 1.29 is 38.2 Å². The molecule has 8 nitrogen and oxygen atoms in total. The van der Waals surface area contributed by atoms with Crippen LogP contribution in [0.3, 0.4) is 0 Å². The van der Waals surface area contributed by atoms with Crippen molar-refractivity contribution in [1.29, 1.82) is 0 Å². The van der Waals surface area contributed by atoms with Gasteiger partial charge in [0.05, 0.1) is 40.3 Å². The first-order chi connectivity index (χ1) is 26.1. The summed E-state index contributed by atoms with van der Waals surface area (Å²) in [5.74, 6) is -1.94. The number of quaternary nitrogens is 1. The molecule has 0 rings (SSSR count). The van der Waals surface area contributed by atoms with Crippen LogP contribution in [0, 0.1) is 0 Å². The molecule has 2 unspecified atom stereocenters. The number of unbranched alkanes of at least 4 members (excludes halogenated alkanes) is 1. The van der Waals surface area contributed by atoms with Gasteiger partial charge >= 0.3 is 11.9 Å². The summed E-state index contributed by atoms with van der Waals surface area (Å²) in [6.45, 7) is 4.24. The van der Waals surface area contributed by atoms with E-state index in [4.69, 9.17) is 14.2 Å². The normalized spacial score (nSPS) is 14.2. The number of carboxylic acids is 1. The predicted octanol–water partition coefficient (Wildman–Crippen LogP) is 9.18. The maximum atomic E-state index is 12.6. The van der Waals surface area contributed by atoms with Crippen molar-refractivity contribution in [3.05, 3.63) is 109 Å². The predicted molar refractivity (Wildman–Crippen MR) is 221 cm³/mol. The molecule has 0 aliphatic carbocycles. The maximum absolute atomic E-state index is 12.6. The third kappa shape index (κ3) is 33.8. The molecule has 0 saturated carbocycles. The molecule has 0 fully saturated rings. The van der Waals surface area contributed by atoms with Crippen LogP contribution in [0.1, 0.15) is 110 Å². The van der Waals surface area contributed by atoms with E-state index in [-0.39, 0.29) is 43.6 Å². The third-order valence-electron chi connectivity index (χ3n) is 7.92. The Morgan fingerprint density at radius 2 is 0.981 bits per heavy atom. The number of carbonyl (C=O) groups excluding carboxylic acids is 3. The van der Waals surface area contributed by atoms with Crippen LogP contribution in [0.25, 0.3) is 0 Å². The van der Waals surface area contributed by atoms with E-state index >= 15 is 0 Å². The van der Waals surface area contributed by atoms with Crippen molar-refractivity contribution in [3.8, 4) is 0 Å². The van der Waals surface area contributed by atoms with Crippen LogP contribution in [-0.4, -0.2) is 75.5 Å². The molecule has 0 aliphatic rings. The van der Waals surface area contributed by atoms with Crippen LogP contribution in [-0.2, 0) is 28.6 Å². The van der Waals surface area contributed by atoms with Crippen LogP contribution < -0.4 is 5.11 Å². The Labute approximate surface area is 328 Å². The van der Waals surface area contributed by atoms with Crippen molar-refractivity contribution >= 4 is 17.9 Å². The summed E-state index contributed by atoms with van der Waals surface area (Å²) in [6.07, 6.45) is 48.6. The highest BCUT2D eigenvalue weighted by Gasteiger charge is 2.25. The zero-order chi connectivity index (χ0) is 40.0. The number of esters is 2. The third-order valence-corrected chi connectivity index (χ3v) is 7.92. The molecule has 54 heavy (non-hydrogen) atoms. The summed E-state index contributed by atoms with van der Waals surface area (Å²) >= 11 is 0. The molecule has 0 spiro atoms. The fourth-order valence-corrected chi connectivity index (χ4v) is 4.88. The number of ether oxygens (including phenoxy) is 3. The van der Waals surface area contributed by atoms with E-state index in [1.165, 1.54) is 0 Å². The van der Waals surface area contributed by atoms with E-state index < -0.39 is 30.1 Å². The summed E-state index contributed by atoms with van der Waals surface area (Å²) < 4.78 is 16.9. The first-order valence-corrected chi connectivity index (χ1v) is 19.9. The van der Waals surface area contributed by atoms with E-state index in [1.807, 2.05) is 12.2 Å². The SMILES string of the molecule is CC/C=C/C/C=C/C/C=C/C/C=C/C/C=C/C/C=C/CCC(=O)OCC(COCCC(C(=O)[O-])[N+](C)(C)C)OC(=O)CCC/C=C/C/C=C/C/C=C/CC. The van der Waals surface area contributed by atoms with Gasteiger partial charge in [0, 0.05) is 19.3 Å². The van der Waals surface area contributed by atoms with E-state index in [0.29, 0.717) is 12.8 Å². The molecule has 0 radical (unpaired) electrons. The molecule has 0 aromatic carbocycles. The van der Waals surface area contributed by atoms with Crippen molar-refractivity contribution in [3.63, 3.8) is 0 Å². The van der Waals surface area contributed by atoms with Crippen LogP contribution in [0.5, 0.6) is 0 Å². The second kappa shape index (κ2) is 36.0. The summed E-state index contributed by atoms with van der Waals surface area (Å²) in [6, 6.07) is -0.751. The zero-order valence-corrected chi connectivity index (χ0v) is 34.1. The topological polar surface area (TPSA) is 102 Å². The Morgan fingerprint density at radius 3 is 1.41 bits per heavy atom. The molecule has 0 amide bonds. The van der Waals surface area contributed by atoms with Gasteiger partial charge in [-0.3, -0.25) is 9.59 Å². The Hall–Kier alpha value is -4.01. The minimum absolute atomic E-state index is 0.0111. The van der Waals surface area contributed by atoms with Crippen LogP contribution >= 0.6 is 0 Å². The summed E-state index contributed by atoms with van der Waals surface area (Å²) in [5, 5.41) is 11.6. The van der Waals surface area contributed by atoms with Gasteiger partial charge in [0.2, 0.25) is 0 Å². The lowest BCUT2D eigenvalue weighted by Crippen LogP contribution is -2.55. The van der Waals surface area contributed by atoms with Crippen LogP contribution in [0.2, 0.25) is 0 Å². The van der Waals surface area contributed by atoms with Crippen LogP contribution in [0.4, 0.5) is 0 Å². The minimum Gasteiger partial charge on any atom is -0.544 e. The van der Waals surface area contributed by atoms with Crippen LogP contribution in [0.15, 0.2) is 109 Å². The quantitative estimate of drug-likeness (QED) is 0.0285. The van der Waals surface area contributed by atoms with Gasteiger partial charge in [-0.05, 0) is 77.0 Å². The van der Waals surface area contributed by atoms with E-state index in [9.17, 15) is 19.5 Å². The molecular weight excluding hydrogens is 679 g/mol. The lowest BCUT2D eigenvalue weighted by molar-refractivity contribution is -0.889. The van der Waals surface area contributed by atoms with Gasteiger partial charge in [-0.25, -0.2) is 0 Å². The molecule has 0 aliphatic heterocycles. The highest BCUT2D eigenvalue weighted by molar-refractivity contribution is 5.70. The lowest BCUT2D eigenvalue weighted by atomic mass is 10.1. The fraction of sp³-hybridized carbons (Fsp3) is 0.543. The highest BCUT2D eigenvalue weighted by Crippen LogP contribution is 2.09. The average Bonchev–Trinajstić information content (AvgIpc) is 3.12. The molecule has 0 bridgehead atoms. The monoisotopic (exact) mass is 750 g/mol. The number of hydrogen-bond acceptors (Lipinski definition) is 7. The summed E-state index contributed by atoms with van der Waals surface area (Å²) in [5.41, 5.74) is 0. The van der Waals surface area contributed by atoms with Gasteiger partial charge in [0.15, 0.2) is 6.10 Å². The smallest absolute Gasteiger partial charge is 0.306 e. The number of carbonyl (C=O) groups is 3. The Bertz CT molecular complexity index is 1240. The van der Waals surface area contributed by atoms with Crippen molar-refractivity contribution in [2.45, 2.75) is 122 Å². The summed E-state index contributed by atoms with van der Waals surface area (Å²) in [4.78, 5) is 36.6. The number of carboxylic acid groups (broad SMARTS) is 1. The first kappa shape index (κ1) is 50.0. The van der Waals surface area contributed by atoms with E-state index in [0.717, 1.165) is 64.2 Å². The molecule has 0 saturated heterocycles. The van der Waals surface area contributed by atoms with Gasteiger partial charge in [0.1, 0.15) is 12.6 Å². The van der Waals surface area contributed by atoms with Gasteiger partial charge < -0.3 is 28.6 Å². The standard InChI is InChI=1S/C46H71NO7/c1-6-8-10-12-14-16-18-19-20-21-22-23-24-25-27-28-30-32-34-36-44(48)53-41-42(40-52-39-38-43(46(50)51)47(3,4)5)54-45(49)37-35-33-31-29-26-17-15-13-11-9-7-2/h8-11,14-17,19-20,22-23,25,27,29-32,42-43H,6-7,12-13,18,21,24,26,28,33-41H2,1-5H3/b10-8+,11-9+,16-14+,17-15+,20-19+,23-22+,27-25+,31-29+,32-30+. The molecule has 0 heterocycles. The number of aliphatic carboxylic acids is 1. The molecule has 8 heteroatoms. The van der Waals surface area contributed by atoms with Crippen molar-refractivity contribution in [2.75, 3.05) is 41.0 Å². The molecule has 2 atom stereocenters. The van der Waals surface area contributed by atoms with Gasteiger partial charge in [-0.15, -0.1) is 0 Å². The number of allylic oxidation sites excluding steroid dienone is 18. The largest absolute Gasteiger partial charge is 0.544 e. The Balaban J connectivity index is 4.58. The second-order valence-electron chi connectivity index (χ2n) is 13.7. The van der Waals surface area contributed by atoms with Crippen molar-refractivity contribution in [2.24, 2.45) is 0 Å². The zero-order valence-electron chi connectivity index (χ0n) is 34.1. The number of nitrogens with zero attached hydrogens (tertiary/aromatic N) is 1. The minimum atomic E-state index is -1.15. The maximum Gasteiger partial charge on any atom is 0.306 e. The highest BCUT2D eigenvalue weighted by atomic mass is 16.6. The van der Waals surface area contributed by atoms with Crippen molar-refractivity contribution in [1.82, 2.24) is 0 Å². The number of rotatable bonds is 33. The van der Waals surface area contributed by atoms with Gasteiger partial charge in [-0.1, -0.05) is 123 Å². The van der Waals surface area contributed by atoms with E-state index in [1.54, 1.807) is 21.1 Å². The van der Waals surface area contributed by atoms with E-state index in [2.05, 4.69) is 111 Å². The fourth-order valence-electron chi connectivity index (χ4n) is 4.88. The molecule has 0 aromatic rings. The molecule has 0 N–H and O–H groups in total.